The van der Waals surface area contributed by atoms with Gasteiger partial charge in [0.2, 0.25) is 0 Å². The van der Waals surface area contributed by atoms with E-state index < -0.39 is 0 Å². The van der Waals surface area contributed by atoms with Gasteiger partial charge < -0.3 is 9.80 Å². The fourth-order valence-corrected chi connectivity index (χ4v) is 9.86. The van der Waals surface area contributed by atoms with Crippen LogP contribution in [0.25, 0.3) is 22.3 Å². The summed E-state index contributed by atoms with van der Waals surface area (Å²) in [5, 5.41) is 0. The number of benzene rings is 7. The second kappa shape index (κ2) is 11.8. The van der Waals surface area contributed by atoms with Gasteiger partial charge in [0.05, 0.1) is 22.7 Å². The van der Waals surface area contributed by atoms with Crippen molar-refractivity contribution in [1.29, 1.82) is 0 Å². The summed E-state index contributed by atoms with van der Waals surface area (Å²) in [7, 11) is 0. The van der Waals surface area contributed by atoms with Crippen molar-refractivity contribution in [3.63, 3.8) is 0 Å². The van der Waals surface area contributed by atoms with Crippen LogP contribution < -0.4 is 9.80 Å². The largest absolute Gasteiger partial charge is 0.309 e. The SMILES string of the molecule is CC(C)c1ccc(-c2ccc3c4c2Cc2ccccc2N4c2cc4c(cc2C3)N2c3ccccc3Cc3c(-c5ccc(C(C)C)cc5)ccc(c32)C4)cc1. The number of hydrogen-bond acceptors (Lipinski definition) is 2. The fraction of sp³-hybridized carbons (Fsp3) is 0.192. The normalized spacial score (nSPS) is 14.3. The molecule has 0 spiro atoms. The standard InChI is InChI=1S/C52H44N2/c1-31(2)33-13-17-35(18-14-33)43-23-21-39-25-41-30-50-42(29-49(41)53-47-11-7-5-9-37(47)27-45(43)51(39)53)26-40-22-24-44(36-19-15-34(16-20-36)32(3)4)46-28-38-10-6-8-12-48(38)54(50)52(40)46/h5-24,29-32H,25-28H2,1-4H3. The first-order valence-corrected chi connectivity index (χ1v) is 19.8. The Bertz CT molecular complexity index is 2470. The highest BCUT2D eigenvalue weighted by molar-refractivity contribution is 5.97. The van der Waals surface area contributed by atoms with Crippen molar-refractivity contribution in [1.82, 2.24) is 0 Å². The monoisotopic (exact) mass is 696 g/mol. The first-order valence-electron chi connectivity index (χ1n) is 19.8. The second-order valence-corrected chi connectivity index (χ2v) is 16.5. The van der Waals surface area contributed by atoms with Gasteiger partial charge in [0.1, 0.15) is 0 Å². The van der Waals surface area contributed by atoms with Crippen molar-refractivity contribution in [2.75, 3.05) is 9.80 Å². The van der Waals surface area contributed by atoms with Crippen LogP contribution in [0.5, 0.6) is 0 Å². The minimum atomic E-state index is 0.520. The number of fused-ring (bicyclic) bond motifs is 8. The van der Waals surface area contributed by atoms with Crippen LogP contribution in [-0.2, 0) is 25.7 Å². The van der Waals surface area contributed by atoms with Crippen molar-refractivity contribution in [2.45, 2.75) is 65.2 Å². The molecule has 11 rings (SSSR count). The Morgan fingerprint density at radius 2 is 0.778 bits per heavy atom. The summed E-state index contributed by atoms with van der Waals surface area (Å²) in [6, 6.07) is 51.5. The fourth-order valence-electron chi connectivity index (χ4n) is 9.86. The molecule has 262 valence electrons. The quantitative estimate of drug-likeness (QED) is 0.181. The molecule has 2 heteroatoms. The van der Waals surface area contributed by atoms with Crippen LogP contribution in [0.4, 0.5) is 34.1 Å². The number of para-hydroxylation sites is 2. The van der Waals surface area contributed by atoms with Crippen LogP contribution in [0.15, 0.2) is 133 Å². The van der Waals surface area contributed by atoms with Crippen LogP contribution >= 0.6 is 0 Å². The molecule has 2 nitrogen and oxygen atoms in total. The van der Waals surface area contributed by atoms with Crippen molar-refractivity contribution in [3.05, 3.63) is 189 Å². The molecule has 7 aromatic rings. The number of rotatable bonds is 4. The third-order valence-corrected chi connectivity index (χ3v) is 12.7. The average Bonchev–Trinajstić information content (AvgIpc) is 3.20. The average molecular weight is 697 g/mol. The molecule has 0 N–H and O–H groups in total. The lowest BCUT2D eigenvalue weighted by molar-refractivity contribution is 0.867. The Hall–Kier alpha value is -5.86. The third kappa shape index (κ3) is 4.65. The molecule has 0 atom stereocenters. The van der Waals surface area contributed by atoms with E-state index in [0.29, 0.717) is 11.8 Å². The molecule has 4 aliphatic heterocycles. The van der Waals surface area contributed by atoms with E-state index in [9.17, 15) is 0 Å². The van der Waals surface area contributed by atoms with Gasteiger partial charge in [-0.1, -0.05) is 137 Å². The Labute approximate surface area is 319 Å². The van der Waals surface area contributed by atoms with E-state index in [-0.39, 0.29) is 0 Å². The van der Waals surface area contributed by atoms with E-state index in [4.69, 9.17) is 0 Å². The Morgan fingerprint density at radius 3 is 1.19 bits per heavy atom. The van der Waals surface area contributed by atoms with Crippen molar-refractivity contribution >= 4 is 34.1 Å². The van der Waals surface area contributed by atoms with Crippen LogP contribution in [0.1, 0.15) is 95.2 Å². The van der Waals surface area contributed by atoms with Gasteiger partial charge in [0.15, 0.2) is 0 Å². The van der Waals surface area contributed by atoms with Gasteiger partial charge in [-0.05, 0) is 114 Å². The second-order valence-electron chi connectivity index (χ2n) is 16.5. The highest BCUT2D eigenvalue weighted by Crippen LogP contribution is 2.57. The molecule has 0 saturated carbocycles. The van der Waals surface area contributed by atoms with Gasteiger partial charge >= 0.3 is 0 Å². The Balaban J connectivity index is 1.08. The summed E-state index contributed by atoms with van der Waals surface area (Å²) in [6.45, 7) is 9.09. The van der Waals surface area contributed by atoms with E-state index >= 15 is 0 Å². The van der Waals surface area contributed by atoms with Gasteiger partial charge in [0, 0.05) is 37.1 Å². The molecule has 0 fully saturated rings. The van der Waals surface area contributed by atoms with Gasteiger partial charge in [-0.25, -0.2) is 0 Å². The molecular weight excluding hydrogens is 653 g/mol. The zero-order valence-corrected chi connectivity index (χ0v) is 31.6. The Kier molecular flexibility index (Phi) is 6.93. The maximum Gasteiger partial charge on any atom is 0.0538 e. The van der Waals surface area contributed by atoms with Crippen LogP contribution in [0.3, 0.4) is 0 Å². The molecule has 7 aromatic carbocycles. The van der Waals surface area contributed by atoms with Gasteiger partial charge in [-0.3, -0.25) is 0 Å². The van der Waals surface area contributed by atoms with E-state index in [1.165, 1.54) is 112 Å². The van der Waals surface area contributed by atoms with Crippen molar-refractivity contribution in [2.24, 2.45) is 0 Å². The topological polar surface area (TPSA) is 6.48 Å². The van der Waals surface area contributed by atoms with Crippen LogP contribution in [0.2, 0.25) is 0 Å². The molecule has 54 heavy (non-hydrogen) atoms. The van der Waals surface area contributed by atoms with E-state index in [0.717, 1.165) is 25.7 Å². The van der Waals surface area contributed by atoms with E-state index in [1.54, 1.807) is 0 Å². The smallest absolute Gasteiger partial charge is 0.0538 e. The van der Waals surface area contributed by atoms with Crippen molar-refractivity contribution in [3.8, 4) is 22.3 Å². The predicted molar refractivity (Wildman–Crippen MR) is 226 cm³/mol. The minimum absolute atomic E-state index is 0.520. The van der Waals surface area contributed by atoms with Gasteiger partial charge in [-0.15, -0.1) is 0 Å². The summed E-state index contributed by atoms with van der Waals surface area (Å²) >= 11 is 0. The van der Waals surface area contributed by atoms with Gasteiger partial charge in [-0.2, -0.15) is 0 Å². The Morgan fingerprint density at radius 1 is 0.370 bits per heavy atom. The highest BCUT2D eigenvalue weighted by Gasteiger charge is 2.37. The molecule has 0 radical (unpaired) electrons. The number of nitrogens with zero attached hydrogens (tertiary/aromatic N) is 2. The van der Waals surface area contributed by atoms with E-state index in [1.807, 2.05) is 0 Å². The first-order chi connectivity index (χ1) is 26.4. The zero-order valence-electron chi connectivity index (χ0n) is 31.6. The molecule has 4 heterocycles. The summed E-state index contributed by atoms with van der Waals surface area (Å²) in [5.74, 6) is 1.04. The third-order valence-electron chi connectivity index (χ3n) is 12.7. The lowest BCUT2D eigenvalue weighted by atomic mass is 9.80. The van der Waals surface area contributed by atoms with E-state index in [2.05, 4.69) is 171 Å². The van der Waals surface area contributed by atoms with Crippen LogP contribution in [-0.4, -0.2) is 0 Å². The zero-order chi connectivity index (χ0) is 36.2. The summed E-state index contributed by atoms with van der Waals surface area (Å²) in [4.78, 5) is 5.23. The lowest BCUT2D eigenvalue weighted by Gasteiger charge is -2.43. The predicted octanol–water partition coefficient (Wildman–Crippen LogP) is 13.8. The number of hydrogen-bond donors (Lipinski definition) is 0. The molecule has 0 bridgehead atoms. The molecule has 0 amide bonds. The molecular formula is C52H44N2. The van der Waals surface area contributed by atoms with Crippen molar-refractivity contribution < 1.29 is 0 Å². The van der Waals surface area contributed by atoms with Gasteiger partial charge in [0.25, 0.3) is 0 Å². The lowest BCUT2D eigenvalue weighted by Crippen LogP contribution is -2.28. The minimum Gasteiger partial charge on any atom is -0.309 e. The first kappa shape index (κ1) is 31.6. The highest BCUT2D eigenvalue weighted by atomic mass is 15.2. The maximum absolute atomic E-state index is 2.61. The number of anilines is 6. The van der Waals surface area contributed by atoms with Crippen LogP contribution in [0, 0.1) is 0 Å². The summed E-state index contributed by atoms with van der Waals surface area (Å²) in [6.07, 6.45) is 3.74. The molecule has 0 unspecified atom stereocenters. The summed E-state index contributed by atoms with van der Waals surface area (Å²) in [5.41, 5.74) is 27.4. The molecule has 0 aliphatic carbocycles. The summed E-state index contributed by atoms with van der Waals surface area (Å²) < 4.78 is 0. The molecule has 4 aliphatic rings. The molecule has 0 aromatic heterocycles. The maximum atomic E-state index is 2.61. The molecule has 0 saturated heterocycles.